The lowest BCUT2D eigenvalue weighted by Gasteiger charge is -2.35. The van der Waals surface area contributed by atoms with Crippen molar-refractivity contribution in [2.45, 2.75) is 39.0 Å². The van der Waals surface area contributed by atoms with Crippen LogP contribution >= 0.6 is 0 Å². The number of rotatable bonds is 5. The van der Waals surface area contributed by atoms with Gasteiger partial charge in [0.05, 0.1) is 17.7 Å². The van der Waals surface area contributed by atoms with Crippen LogP contribution in [0.25, 0.3) is 0 Å². The summed E-state index contributed by atoms with van der Waals surface area (Å²) in [6.07, 6.45) is 0.178. The van der Waals surface area contributed by atoms with Crippen molar-refractivity contribution in [1.29, 1.82) is 0 Å². The number of quaternary nitrogens is 1. The highest BCUT2D eigenvalue weighted by Gasteiger charge is 2.33. The van der Waals surface area contributed by atoms with Crippen molar-refractivity contribution in [2.75, 3.05) is 25.5 Å². The van der Waals surface area contributed by atoms with E-state index in [9.17, 15) is 14.9 Å². The van der Waals surface area contributed by atoms with Gasteiger partial charge in [-0.3, -0.25) is 14.9 Å². The van der Waals surface area contributed by atoms with Gasteiger partial charge in [-0.2, -0.15) is 0 Å². The average Bonchev–Trinajstić information content (AvgIpc) is 2.52. The molecule has 0 saturated carbocycles. The number of amides is 1. The van der Waals surface area contributed by atoms with E-state index in [2.05, 4.69) is 5.32 Å². The van der Waals surface area contributed by atoms with Crippen LogP contribution in [0.15, 0.2) is 18.2 Å². The molecule has 24 heavy (non-hydrogen) atoms. The maximum atomic E-state index is 12.6. The van der Waals surface area contributed by atoms with Crippen LogP contribution < -0.4 is 15.0 Å². The summed E-state index contributed by atoms with van der Waals surface area (Å²) in [5.41, 5.74) is 0.206. The van der Waals surface area contributed by atoms with Crippen LogP contribution in [0.5, 0.6) is 5.75 Å². The van der Waals surface area contributed by atoms with Crippen molar-refractivity contribution in [3.8, 4) is 5.75 Å². The quantitative estimate of drug-likeness (QED) is 0.606. The Morgan fingerprint density at radius 3 is 2.58 bits per heavy atom. The molecule has 0 aliphatic carbocycles. The monoisotopic (exact) mass is 338 g/mol. The van der Waals surface area contributed by atoms with Gasteiger partial charge in [-0.15, -0.1) is 0 Å². The fourth-order valence-corrected chi connectivity index (χ4v) is 3.00. The Balaban J connectivity index is 2.13. The maximum absolute atomic E-state index is 12.6. The van der Waals surface area contributed by atoms with Crippen LogP contribution in [-0.2, 0) is 9.53 Å². The van der Waals surface area contributed by atoms with Crippen LogP contribution in [0.4, 0.5) is 11.4 Å². The van der Waals surface area contributed by atoms with Crippen molar-refractivity contribution in [3.05, 3.63) is 28.3 Å². The lowest BCUT2D eigenvalue weighted by molar-refractivity contribution is -0.928. The molecule has 0 aromatic heterocycles. The molecule has 1 unspecified atom stereocenters. The Hall–Kier alpha value is -2.19. The number of ether oxygens (including phenoxy) is 2. The summed E-state index contributed by atoms with van der Waals surface area (Å²) in [6.45, 7) is 7.31. The zero-order chi connectivity index (χ0) is 17.9. The van der Waals surface area contributed by atoms with Gasteiger partial charge in [0.25, 0.3) is 11.6 Å². The second-order valence-corrected chi connectivity index (χ2v) is 6.18. The first-order valence-electron chi connectivity index (χ1n) is 7.95. The zero-order valence-electron chi connectivity index (χ0n) is 14.4. The number of morpholine rings is 1. The number of carbonyl (C=O) groups excluding carboxylic acids is 1. The Morgan fingerprint density at radius 2 is 2.04 bits per heavy atom. The van der Waals surface area contributed by atoms with Gasteiger partial charge >= 0.3 is 0 Å². The molecule has 1 fully saturated rings. The number of methoxy groups -OCH3 is 1. The third-order valence-electron chi connectivity index (χ3n) is 4.22. The largest absolute Gasteiger partial charge is 0.495 e. The molecule has 0 radical (unpaired) electrons. The van der Waals surface area contributed by atoms with E-state index in [1.807, 2.05) is 20.8 Å². The summed E-state index contributed by atoms with van der Waals surface area (Å²) < 4.78 is 10.9. The minimum atomic E-state index is -0.505. The minimum Gasteiger partial charge on any atom is -0.495 e. The fourth-order valence-electron chi connectivity index (χ4n) is 3.00. The van der Waals surface area contributed by atoms with E-state index in [1.54, 1.807) is 0 Å². The number of benzene rings is 1. The molecule has 4 atom stereocenters. The van der Waals surface area contributed by atoms with Crippen molar-refractivity contribution in [1.82, 2.24) is 0 Å². The number of hydrogen-bond donors (Lipinski definition) is 2. The molecule has 1 aliphatic heterocycles. The van der Waals surface area contributed by atoms with E-state index in [0.29, 0.717) is 11.4 Å². The van der Waals surface area contributed by atoms with Gasteiger partial charge in [0.1, 0.15) is 31.0 Å². The molecule has 0 bridgehead atoms. The molecular weight excluding hydrogens is 314 g/mol. The Bertz CT molecular complexity index is 612. The van der Waals surface area contributed by atoms with Crippen molar-refractivity contribution in [2.24, 2.45) is 0 Å². The summed E-state index contributed by atoms with van der Waals surface area (Å²) >= 11 is 0. The van der Waals surface area contributed by atoms with Crippen molar-refractivity contribution in [3.63, 3.8) is 0 Å². The average molecular weight is 338 g/mol. The van der Waals surface area contributed by atoms with Gasteiger partial charge in [0.15, 0.2) is 6.04 Å². The minimum absolute atomic E-state index is 0.0892. The number of nitro benzene ring substituents is 1. The zero-order valence-corrected chi connectivity index (χ0v) is 14.4. The van der Waals surface area contributed by atoms with Crippen LogP contribution in [-0.4, -0.2) is 49.3 Å². The predicted octanol–water partition coefficient (Wildman–Crippen LogP) is 0.623. The summed E-state index contributed by atoms with van der Waals surface area (Å²) in [5.74, 6) is 0.185. The summed E-state index contributed by atoms with van der Waals surface area (Å²) in [4.78, 5) is 24.1. The molecule has 1 amide bonds. The molecule has 1 saturated heterocycles. The van der Waals surface area contributed by atoms with E-state index in [-0.39, 0.29) is 29.8 Å². The van der Waals surface area contributed by atoms with E-state index in [0.717, 1.165) is 18.0 Å². The number of hydrogen-bond acceptors (Lipinski definition) is 5. The van der Waals surface area contributed by atoms with Gasteiger partial charge in [-0.25, -0.2) is 0 Å². The second kappa shape index (κ2) is 7.59. The number of nitrogens with zero attached hydrogens (tertiary/aromatic N) is 1. The van der Waals surface area contributed by atoms with E-state index in [4.69, 9.17) is 9.47 Å². The highest BCUT2D eigenvalue weighted by atomic mass is 16.6. The molecule has 1 aromatic rings. The molecule has 2 N–H and O–H groups in total. The maximum Gasteiger partial charge on any atom is 0.282 e. The predicted molar refractivity (Wildman–Crippen MR) is 88.4 cm³/mol. The number of carbonyl (C=O) groups is 1. The van der Waals surface area contributed by atoms with Crippen LogP contribution in [0, 0.1) is 10.1 Å². The van der Waals surface area contributed by atoms with Crippen molar-refractivity contribution < 1.29 is 24.1 Å². The highest BCUT2D eigenvalue weighted by molar-refractivity contribution is 5.95. The second-order valence-electron chi connectivity index (χ2n) is 6.18. The van der Waals surface area contributed by atoms with Crippen molar-refractivity contribution >= 4 is 17.3 Å². The molecule has 0 spiro atoms. The standard InChI is InChI=1S/C16H23N3O5/c1-10-8-18(9-11(2)24-10)12(3)16(20)17-14-7-13(19(21)22)5-6-15(14)23-4/h5-7,10-12H,8-9H2,1-4H3,(H,17,20)/p+1/t10-,11+,12-/m0/s1. The number of non-ortho nitro benzene ring substituents is 1. The molecular formula is C16H24N3O5+. The van der Waals surface area contributed by atoms with Gasteiger partial charge < -0.3 is 19.7 Å². The van der Waals surface area contributed by atoms with E-state index >= 15 is 0 Å². The van der Waals surface area contributed by atoms with Gasteiger partial charge in [-0.1, -0.05) is 0 Å². The number of anilines is 1. The third-order valence-corrected chi connectivity index (χ3v) is 4.22. The first-order valence-corrected chi connectivity index (χ1v) is 7.95. The lowest BCUT2D eigenvalue weighted by Crippen LogP contribution is -3.19. The Kier molecular flexibility index (Phi) is 5.74. The van der Waals surface area contributed by atoms with Crippen LogP contribution in [0.3, 0.4) is 0 Å². The summed E-state index contributed by atoms with van der Waals surface area (Å²) in [7, 11) is 1.46. The smallest absolute Gasteiger partial charge is 0.282 e. The SMILES string of the molecule is COc1ccc([N+](=O)[O-])cc1NC(=O)[C@H](C)[NH+]1C[C@@H](C)O[C@@H](C)C1. The van der Waals surface area contributed by atoms with Crippen LogP contribution in [0.1, 0.15) is 20.8 Å². The Labute approximate surface area is 140 Å². The van der Waals surface area contributed by atoms with E-state index < -0.39 is 4.92 Å². The van der Waals surface area contributed by atoms with E-state index in [1.165, 1.54) is 25.3 Å². The molecule has 2 rings (SSSR count). The molecule has 1 aromatic carbocycles. The lowest BCUT2D eigenvalue weighted by atomic mass is 10.1. The third kappa shape index (κ3) is 4.21. The normalized spacial score (nSPS) is 24.9. The van der Waals surface area contributed by atoms with Gasteiger partial charge in [-0.05, 0) is 26.8 Å². The number of nitro groups is 1. The molecule has 8 heteroatoms. The van der Waals surface area contributed by atoms with Crippen LogP contribution in [0.2, 0.25) is 0 Å². The molecule has 1 heterocycles. The van der Waals surface area contributed by atoms with Gasteiger partial charge in [0.2, 0.25) is 0 Å². The highest BCUT2D eigenvalue weighted by Crippen LogP contribution is 2.28. The number of nitrogens with one attached hydrogen (secondary N) is 2. The topological polar surface area (TPSA) is 95.1 Å². The molecule has 1 aliphatic rings. The fraction of sp³-hybridized carbons (Fsp3) is 0.562. The Morgan fingerprint density at radius 1 is 1.42 bits per heavy atom. The first kappa shape index (κ1) is 18.2. The summed E-state index contributed by atoms with van der Waals surface area (Å²) in [5, 5.41) is 13.7. The molecule has 8 nitrogen and oxygen atoms in total. The van der Waals surface area contributed by atoms with Gasteiger partial charge in [0, 0.05) is 12.1 Å². The molecule has 132 valence electrons. The first-order chi connectivity index (χ1) is 11.3. The summed E-state index contributed by atoms with van der Waals surface area (Å²) in [6, 6.07) is 3.82.